The van der Waals surface area contributed by atoms with Gasteiger partial charge in [-0.05, 0) is 41.7 Å². The molecule has 2 aromatic carbocycles. The van der Waals surface area contributed by atoms with Crippen molar-refractivity contribution in [3.8, 4) is 0 Å². The van der Waals surface area contributed by atoms with Crippen LogP contribution in [0.25, 0.3) is 22.6 Å². The first kappa shape index (κ1) is 17.9. The SMILES string of the molecule is CNC(=O)COC(=O)c1c2c(nc3ccccc13)/C(=C/c1ccccc1)CC2. The van der Waals surface area contributed by atoms with Crippen molar-refractivity contribution < 1.29 is 14.3 Å². The average molecular weight is 372 g/mol. The van der Waals surface area contributed by atoms with Crippen LogP contribution in [0, 0.1) is 0 Å². The number of hydrogen-bond donors (Lipinski definition) is 1. The third-order valence-electron chi connectivity index (χ3n) is 4.90. The number of hydrogen-bond acceptors (Lipinski definition) is 4. The van der Waals surface area contributed by atoms with E-state index < -0.39 is 5.97 Å². The number of likely N-dealkylation sites (N-methyl/N-ethyl adjacent to an activating group) is 1. The van der Waals surface area contributed by atoms with E-state index in [0.29, 0.717) is 5.56 Å². The van der Waals surface area contributed by atoms with E-state index >= 15 is 0 Å². The summed E-state index contributed by atoms with van der Waals surface area (Å²) in [5, 5.41) is 3.21. The van der Waals surface area contributed by atoms with Crippen molar-refractivity contribution in [3.63, 3.8) is 0 Å². The molecule has 0 atom stereocenters. The van der Waals surface area contributed by atoms with Crippen molar-refractivity contribution in [2.45, 2.75) is 12.8 Å². The zero-order chi connectivity index (χ0) is 19.5. The molecule has 1 aliphatic rings. The summed E-state index contributed by atoms with van der Waals surface area (Å²) in [7, 11) is 1.51. The molecular formula is C23H20N2O3. The average Bonchev–Trinajstić information content (AvgIpc) is 3.12. The number of pyridine rings is 1. The Morgan fingerprint density at radius 3 is 2.61 bits per heavy atom. The molecule has 28 heavy (non-hydrogen) atoms. The number of allylic oxidation sites excluding steroid dienone is 1. The zero-order valence-electron chi connectivity index (χ0n) is 15.6. The minimum Gasteiger partial charge on any atom is -0.452 e. The molecule has 1 heterocycles. The summed E-state index contributed by atoms with van der Waals surface area (Å²) >= 11 is 0. The molecule has 5 heteroatoms. The topological polar surface area (TPSA) is 68.3 Å². The van der Waals surface area contributed by atoms with E-state index in [9.17, 15) is 9.59 Å². The van der Waals surface area contributed by atoms with Gasteiger partial charge in [-0.25, -0.2) is 9.78 Å². The van der Waals surface area contributed by atoms with Crippen LogP contribution in [0.15, 0.2) is 54.6 Å². The fraction of sp³-hybridized carbons (Fsp3) is 0.174. The van der Waals surface area contributed by atoms with Gasteiger partial charge in [0.2, 0.25) is 0 Å². The van der Waals surface area contributed by atoms with Crippen LogP contribution in [0.3, 0.4) is 0 Å². The van der Waals surface area contributed by atoms with Gasteiger partial charge in [0.25, 0.3) is 5.91 Å². The molecule has 0 bridgehead atoms. The van der Waals surface area contributed by atoms with Crippen molar-refractivity contribution in [2.75, 3.05) is 13.7 Å². The van der Waals surface area contributed by atoms with E-state index in [2.05, 4.69) is 11.4 Å². The predicted octanol–water partition coefficient (Wildman–Crippen LogP) is 3.62. The van der Waals surface area contributed by atoms with Crippen LogP contribution >= 0.6 is 0 Å². The summed E-state index contributed by atoms with van der Waals surface area (Å²) in [6, 6.07) is 17.6. The molecule has 1 aromatic heterocycles. The van der Waals surface area contributed by atoms with Gasteiger partial charge in [-0.2, -0.15) is 0 Å². The molecule has 0 radical (unpaired) electrons. The maximum Gasteiger partial charge on any atom is 0.339 e. The van der Waals surface area contributed by atoms with Gasteiger partial charge >= 0.3 is 5.97 Å². The molecule has 1 amide bonds. The monoisotopic (exact) mass is 372 g/mol. The van der Waals surface area contributed by atoms with E-state index in [4.69, 9.17) is 9.72 Å². The summed E-state index contributed by atoms with van der Waals surface area (Å²) in [6.07, 6.45) is 3.65. The van der Waals surface area contributed by atoms with E-state index in [1.165, 1.54) is 7.05 Å². The number of carbonyl (C=O) groups is 2. The van der Waals surface area contributed by atoms with Gasteiger partial charge in [0.15, 0.2) is 6.61 Å². The zero-order valence-corrected chi connectivity index (χ0v) is 15.6. The summed E-state index contributed by atoms with van der Waals surface area (Å²) in [5.41, 5.74) is 5.20. The highest BCUT2D eigenvalue weighted by atomic mass is 16.5. The molecule has 3 aromatic rings. The quantitative estimate of drug-likeness (QED) is 0.710. The standard InChI is InChI=1S/C23H20N2O3/c1-24-20(26)14-28-23(27)21-17-9-5-6-10-19(17)25-22-16(11-12-18(21)22)13-15-7-3-2-4-8-15/h2-10,13H,11-12,14H2,1H3,(H,24,26)/b16-13+. The van der Waals surface area contributed by atoms with Gasteiger partial charge < -0.3 is 10.1 Å². The first-order valence-electron chi connectivity index (χ1n) is 9.22. The number of aromatic nitrogens is 1. The minimum atomic E-state index is -0.487. The van der Waals surface area contributed by atoms with Crippen LogP contribution in [0.2, 0.25) is 0 Å². The Balaban J connectivity index is 1.81. The number of nitrogens with one attached hydrogen (secondary N) is 1. The lowest BCUT2D eigenvalue weighted by atomic mass is 10.0. The van der Waals surface area contributed by atoms with Crippen LogP contribution < -0.4 is 5.32 Å². The fourth-order valence-corrected chi connectivity index (χ4v) is 3.54. The third kappa shape index (κ3) is 3.39. The highest BCUT2D eigenvalue weighted by Crippen LogP contribution is 2.37. The number of amides is 1. The Bertz CT molecular complexity index is 1090. The molecule has 0 aliphatic heterocycles. The molecule has 0 spiro atoms. The van der Waals surface area contributed by atoms with Crippen LogP contribution in [-0.4, -0.2) is 30.5 Å². The summed E-state index contributed by atoms with van der Waals surface area (Å²) in [4.78, 5) is 29.2. The van der Waals surface area contributed by atoms with Crippen molar-refractivity contribution in [2.24, 2.45) is 0 Å². The first-order chi connectivity index (χ1) is 13.7. The molecule has 1 aliphatic carbocycles. The van der Waals surface area contributed by atoms with Gasteiger partial charge in [-0.15, -0.1) is 0 Å². The smallest absolute Gasteiger partial charge is 0.339 e. The predicted molar refractivity (Wildman–Crippen MR) is 109 cm³/mol. The summed E-state index contributed by atoms with van der Waals surface area (Å²) in [5.74, 6) is -0.826. The van der Waals surface area contributed by atoms with Gasteiger partial charge in [0.1, 0.15) is 0 Å². The maximum absolute atomic E-state index is 12.9. The van der Waals surface area contributed by atoms with Crippen LogP contribution in [0.5, 0.6) is 0 Å². The second-order valence-electron chi connectivity index (χ2n) is 6.66. The second-order valence-corrected chi connectivity index (χ2v) is 6.66. The molecule has 140 valence electrons. The molecule has 0 saturated carbocycles. The highest BCUT2D eigenvalue weighted by Gasteiger charge is 2.27. The van der Waals surface area contributed by atoms with E-state index in [0.717, 1.165) is 46.1 Å². The van der Waals surface area contributed by atoms with Gasteiger partial charge in [-0.1, -0.05) is 48.5 Å². The van der Waals surface area contributed by atoms with Crippen LogP contribution in [0.1, 0.15) is 33.6 Å². The molecule has 1 N–H and O–H groups in total. The maximum atomic E-state index is 12.9. The Morgan fingerprint density at radius 1 is 1.07 bits per heavy atom. The van der Waals surface area contributed by atoms with Crippen LogP contribution in [0.4, 0.5) is 0 Å². The van der Waals surface area contributed by atoms with Gasteiger partial charge in [-0.3, -0.25) is 4.79 Å². The number of rotatable bonds is 4. The third-order valence-corrected chi connectivity index (χ3v) is 4.90. The van der Waals surface area contributed by atoms with Gasteiger partial charge in [0, 0.05) is 12.4 Å². The molecular weight excluding hydrogens is 352 g/mol. The van der Waals surface area contributed by atoms with E-state index in [1.807, 2.05) is 54.6 Å². The van der Waals surface area contributed by atoms with Crippen LogP contribution in [-0.2, 0) is 16.0 Å². The molecule has 4 rings (SSSR count). The highest BCUT2D eigenvalue weighted by molar-refractivity contribution is 6.07. The number of nitrogens with zero attached hydrogens (tertiary/aromatic N) is 1. The number of fused-ring (bicyclic) bond motifs is 2. The Kier molecular flexibility index (Phi) is 4.89. The Hall–Kier alpha value is -3.47. The molecule has 0 saturated heterocycles. The first-order valence-corrected chi connectivity index (χ1v) is 9.22. The molecule has 0 unspecified atom stereocenters. The van der Waals surface area contributed by atoms with E-state index in [1.54, 1.807) is 0 Å². The normalized spacial score (nSPS) is 14.1. The lowest BCUT2D eigenvalue weighted by molar-refractivity contribution is -0.123. The largest absolute Gasteiger partial charge is 0.452 e. The minimum absolute atomic E-state index is 0.298. The van der Waals surface area contributed by atoms with E-state index in [-0.39, 0.29) is 12.5 Å². The Morgan fingerprint density at radius 2 is 1.82 bits per heavy atom. The number of carbonyl (C=O) groups excluding carboxylic acids is 2. The molecule has 0 fully saturated rings. The van der Waals surface area contributed by atoms with Gasteiger partial charge in [0.05, 0.1) is 16.8 Å². The number of ether oxygens (including phenoxy) is 1. The lowest BCUT2D eigenvalue weighted by Gasteiger charge is -2.12. The molecule has 5 nitrogen and oxygen atoms in total. The van der Waals surface area contributed by atoms with Crippen molar-refractivity contribution in [1.82, 2.24) is 10.3 Å². The lowest BCUT2D eigenvalue weighted by Crippen LogP contribution is -2.25. The van der Waals surface area contributed by atoms with Crippen molar-refractivity contribution in [3.05, 3.63) is 77.0 Å². The van der Waals surface area contributed by atoms with Crippen molar-refractivity contribution in [1.29, 1.82) is 0 Å². The number of benzene rings is 2. The summed E-state index contributed by atoms with van der Waals surface area (Å²) in [6.45, 7) is -0.298. The Labute approximate surface area is 163 Å². The number of esters is 1. The summed E-state index contributed by atoms with van der Waals surface area (Å²) < 4.78 is 5.27. The van der Waals surface area contributed by atoms with Crippen molar-refractivity contribution >= 4 is 34.4 Å². The number of para-hydroxylation sites is 1. The fourth-order valence-electron chi connectivity index (χ4n) is 3.54. The second kappa shape index (κ2) is 7.64.